The van der Waals surface area contributed by atoms with Gasteiger partial charge in [0.05, 0.1) is 8.04 Å². The summed E-state index contributed by atoms with van der Waals surface area (Å²) in [5, 5.41) is 0. The largest absolute Gasteiger partial charge is 0.486 e. The second-order valence-corrected chi connectivity index (χ2v) is 5.83. The van der Waals surface area contributed by atoms with Crippen molar-refractivity contribution >= 4 is 44.8 Å². The van der Waals surface area contributed by atoms with Gasteiger partial charge in [0.1, 0.15) is 24.5 Å². The molecule has 0 heterocycles. The van der Waals surface area contributed by atoms with Crippen LogP contribution in [0.15, 0.2) is 40.9 Å². The molecular formula is C14H9BrFIO2. The molecule has 0 aliphatic carbocycles. The Balaban J connectivity index is 2.21. The molecule has 0 N–H and O–H groups in total. The van der Waals surface area contributed by atoms with Crippen LogP contribution >= 0.6 is 38.5 Å². The van der Waals surface area contributed by atoms with E-state index in [0.29, 0.717) is 21.3 Å². The van der Waals surface area contributed by atoms with Crippen LogP contribution in [0.5, 0.6) is 5.75 Å². The molecule has 5 heteroatoms. The van der Waals surface area contributed by atoms with Crippen LogP contribution in [0, 0.1) is 9.39 Å². The predicted molar refractivity (Wildman–Crippen MR) is 83.0 cm³/mol. The maximum absolute atomic E-state index is 13.5. The normalized spacial score (nSPS) is 10.3. The van der Waals surface area contributed by atoms with Gasteiger partial charge in [-0.2, -0.15) is 0 Å². The van der Waals surface area contributed by atoms with E-state index in [-0.39, 0.29) is 12.4 Å². The van der Waals surface area contributed by atoms with Crippen molar-refractivity contribution in [3.8, 4) is 5.75 Å². The van der Waals surface area contributed by atoms with Crippen molar-refractivity contribution in [3.05, 3.63) is 61.4 Å². The summed E-state index contributed by atoms with van der Waals surface area (Å²) in [6.45, 7) is 0.141. The zero-order chi connectivity index (χ0) is 13.8. The molecule has 0 bridgehead atoms. The lowest BCUT2D eigenvalue weighted by molar-refractivity contribution is 0.112. The maximum atomic E-state index is 13.5. The molecule has 0 amide bonds. The molecule has 98 valence electrons. The Morgan fingerprint density at radius 3 is 2.68 bits per heavy atom. The van der Waals surface area contributed by atoms with E-state index in [9.17, 15) is 9.18 Å². The quantitative estimate of drug-likeness (QED) is 0.520. The standard InChI is InChI=1S/C14H9BrFIO2/c15-11-5-9(7-18)6-13(17)14(11)19-8-10-3-1-2-4-12(10)16/h1-7H,8H2. The lowest BCUT2D eigenvalue weighted by atomic mass is 10.2. The van der Waals surface area contributed by atoms with Crippen LogP contribution in [-0.4, -0.2) is 6.29 Å². The van der Waals surface area contributed by atoms with E-state index in [1.807, 2.05) is 0 Å². The van der Waals surface area contributed by atoms with Gasteiger partial charge in [-0.25, -0.2) is 4.39 Å². The fourth-order valence-electron chi connectivity index (χ4n) is 1.55. The van der Waals surface area contributed by atoms with Crippen molar-refractivity contribution in [2.24, 2.45) is 0 Å². The number of ether oxygens (including phenoxy) is 1. The molecule has 2 nitrogen and oxygen atoms in total. The minimum absolute atomic E-state index is 0.141. The average Bonchev–Trinajstić information content (AvgIpc) is 2.39. The topological polar surface area (TPSA) is 26.3 Å². The number of carbonyl (C=O) groups is 1. The lowest BCUT2D eigenvalue weighted by Crippen LogP contribution is -2.00. The van der Waals surface area contributed by atoms with Crippen molar-refractivity contribution in [2.45, 2.75) is 6.61 Å². The molecule has 0 aromatic heterocycles. The minimum Gasteiger partial charge on any atom is -0.486 e. The smallest absolute Gasteiger partial charge is 0.150 e. The maximum Gasteiger partial charge on any atom is 0.150 e. The van der Waals surface area contributed by atoms with Crippen molar-refractivity contribution < 1.29 is 13.9 Å². The molecule has 0 spiro atoms. The molecule has 0 unspecified atom stereocenters. The summed E-state index contributed by atoms with van der Waals surface area (Å²) in [7, 11) is 0. The highest BCUT2D eigenvalue weighted by atomic mass is 127. The zero-order valence-electron chi connectivity index (χ0n) is 9.70. The van der Waals surface area contributed by atoms with Gasteiger partial charge in [-0.15, -0.1) is 0 Å². The second kappa shape index (κ2) is 6.47. The lowest BCUT2D eigenvalue weighted by Gasteiger charge is -2.11. The summed E-state index contributed by atoms with van der Waals surface area (Å²) in [6, 6.07) is 9.86. The Morgan fingerprint density at radius 2 is 2.05 bits per heavy atom. The van der Waals surface area contributed by atoms with Crippen LogP contribution in [0.4, 0.5) is 4.39 Å². The zero-order valence-corrected chi connectivity index (χ0v) is 13.4. The number of rotatable bonds is 4. The molecule has 2 rings (SSSR count). The van der Waals surface area contributed by atoms with E-state index < -0.39 is 0 Å². The first-order valence-corrected chi connectivity index (χ1v) is 7.29. The summed E-state index contributed by atoms with van der Waals surface area (Å²) in [5.74, 6) is 0.313. The number of hydrogen-bond acceptors (Lipinski definition) is 2. The van der Waals surface area contributed by atoms with Gasteiger partial charge in [0.15, 0.2) is 0 Å². The first kappa shape index (κ1) is 14.5. The van der Waals surface area contributed by atoms with Crippen molar-refractivity contribution in [1.29, 1.82) is 0 Å². The molecule has 0 radical (unpaired) electrons. The molecule has 19 heavy (non-hydrogen) atoms. The van der Waals surface area contributed by atoms with Crippen molar-refractivity contribution in [1.82, 2.24) is 0 Å². The van der Waals surface area contributed by atoms with Gasteiger partial charge in [0.2, 0.25) is 0 Å². The van der Waals surface area contributed by atoms with E-state index in [4.69, 9.17) is 4.74 Å². The summed E-state index contributed by atoms with van der Waals surface area (Å²) in [6.07, 6.45) is 0.771. The van der Waals surface area contributed by atoms with Gasteiger partial charge in [-0.1, -0.05) is 18.2 Å². The van der Waals surface area contributed by atoms with Crippen molar-refractivity contribution in [2.75, 3.05) is 0 Å². The molecule has 0 saturated heterocycles. The number of benzene rings is 2. The Hall–Kier alpha value is -0.950. The van der Waals surface area contributed by atoms with Gasteiger partial charge in [-0.3, -0.25) is 4.79 Å². The van der Waals surface area contributed by atoms with Crippen LogP contribution < -0.4 is 4.74 Å². The summed E-state index contributed by atoms with van der Waals surface area (Å²) >= 11 is 5.43. The van der Waals surface area contributed by atoms with E-state index in [1.54, 1.807) is 30.3 Å². The fourth-order valence-corrected chi connectivity index (χ4v) is 3.32. The number of carbonyl (C=O) groups excluding carboxylic acids is 1. The van der Waals surface area contributed by atoms with Crippen LogP contribution in [0.2, 0.25) is 0 Å². The summed E-state index contributed by atoms with van der Waals surface area (Å²) < 4.78 is 20.6. The van der Waals surface area contributed by atoms with Gasteiger partial charge < -0.3 is 4.74 Å². The van der Waals surface area contributed by atoms with Crippen LogP contribution in [0.25, 0.3) is 0 Å². The Kier molecular flexibility index (Phi) is 4.93. The number of hydrogen-bond donors (Lipinski definition) is 0. The summed E-state index contributed by atoms with van der Waals surface area (Å²) in [4.78, 5) is 10.7. The first-order chi connectivity index (χ1) is 9.11. The van der Waals surface area contributed by atoms with Gasteiger partial charge in [-0.05, 0) is 56.7 Å². The number of halogens is 3. The first-order valence-electron chi connectivity index (χ1n) is 5.42. The monoisotopic (exact) mass is 434 g/mol. The molecule has 0 saturated carbocycles. The third kappa shape index (κ3) is 3.54. The highest BCUT2D eigenvalue weighted by Crippen LogP contribution is 2.32. The average molecular weight is 435 g/mol. The SMILES string of the molecule is O=Cc1cc(Br)c(OCc2ccccc2F)c(I)c1. The molecule has 0 aliphatic heterocycles. The van der Waals surface area contributed by atoms with E-state index in [1.165, 1.54) is 6.07 Å². The van der Waals surface area contributed by atoms with Gasteiger partial charge >= 0.3 is 0 Å². The highest BCUT2D eigenvalue weighted by Gasteiger charge is 2.10. The van der Waals surface area contributed by atoms with E-state index in [2.05, 4.69) is 38.5 Å². The Labute approximate surface area is 132 Å². The second-order valence-electron chi connectivity index (χ2n) is 3.81. The third-order valence-corrected chi connectivity index (χ3v) is 3.88. The molecule has 0 atom stereocenters. The van der Waals surface area contributed by atoms with Crippen LogP contribution in [0.3, 0.4) is 0 Å². The molecule has 2 aromatic rings. The van der Waals surface area contributed by atoms with Crippen molar-refractivity contribution in [3.63, 3.8) is 0 Å². The molecule has 2 aromatic carbocycles. The summed E-state index contributed by atoms with van der Waals surface area (Å²) in [5.41, 5.74) is 1.05. The fraction of sp³-hybridized carbons (Fsp3) is 0.0714. The van der Waals surface area contributed by atoms with E-state index >= 15 is 0 Å². The van der Waals surface area contributed by atoms with E-state index in [0.717, 1.165) is 9.86 Å². The number of aldehydes is 1. The highest BCUT2D eigenvalue weighted by molar-refractivity contribution is 14.1. The predicted octanol–water partition coefficient (Wildman–Crippen LogP) is 4.58. The minimum atomic E-state index is -0.293. The Bertz CT molecular complexity index is 593. The molecular weight excluding hydrogens is 426 g/mol. The van der Waals surface area contributed by atoms with Crippen LogP contribution in [-0.2, 0) is 6.61 Å². The molecule has 0 aliphatic rings. The van der Waals surface area contributed by atoms with Gasteiger partial charge in [0.25, 0.3) is 0 Å². The Morgan fingerprint density at radius 1 is 1.32 bits per heavy atom. The van der Waals surface area contributed by atoms with Crippen LogP contribution in [0.1, 0.15) is 15.9 Å². The van der Waals surface area contributed by atoms with Gasteiger partial charge in [0, 0.05) is 11.1 Å². The molecule has 0 fully saturated rings. The third-order valence-electron chi connectivity index (χ3n) is 2.49.